The van der Waals surface area contributed by atoms with Gasteiger partial charge in [0.15, 0.2) is 0 Å². The monoisotopic (exact) mass is 454 g/mol. The van der Waals surface area contributed by atoms with Crippen LogP contribution in [0.15, 0.2) is 115 Å². The molecule has 6 rings (SSSR count). The Morgan fingerprint density at radius 3 is 2.29 bits per heavy atom. The average molecular weight is 455 g/mol. The Balaban J connectivity index is 1.48. The second kappa shape index (κ2) is 8.02. The number of rotatable bonds is 5. The predicted molar refractivity (Wildman–Crippen MR) is 151 cm³/mol. The van der Waals surface area contributed by atoms with E-state index in [-0.39, 0.29) is 5.41 Å². The number of anilines is 1. The van der Waals surface area contributed by atoms with Crippen LogP contribution in [0.25, 0.3) is 33.1 Å². The van der Waals surface area contributed by atoms with Crippen molar-refractivity contribution in [3.8, 4) is 5.69 Å². The minimum atomic E-state index is -0.0296. The quantitative estimate of drug-likeness (QED) is 0.260. The van der Waals surface area contributed by atoms with E-state index in [0.29, 0.717) is 0 Å². The van der Waals surface area contributed by atoms with Crippen molar-refractivity contribution in [3.63, 3.8) is 0 Å². The molecule has 1 aliphatic carbocycles. The Kier molecular flexibility index (Phi) is 4.93. The summed E-state index contributed by atoms with van der Waals surface area (Å²) in [5.74, 6) is 0. The molecule has 0 aliphatic heterocycles. The van der Waals surface area contributed by atoms with Crippen molar-refractivity contribution in [1.29, 1.82) is 0 Å². The van der Waals surface area contributed by atoms with E-state index in [4.69, 9.17) is 0 Å². The molecule has 0 saturated heterocycles. The Morgan fingerprint density at radius 1 is 0.800 bits per heavy atom. The van der Waals surface area contributed by atoms with Crippen molar-refractivity contribution >= 4 is 33.1 Å². The van der Waals surface area contributed by atoms with Gasteiger partial charge in [0, 0.05) is 41.2 Å². The molecule has 0 spiro atoms. The van der Waals surface area contributed by atoms with Gasteiger partial charge in [-0.05, 0) is 52.6 Å². The summed E-state index contributed by atoms with van der Waals surface area (Å²) in [6.45, 7) is 9.63. The molecular weight excluding hydrogens is 424 g/mol. The lowest BCUT2D eigenvalue weighted by molar-refractivity contribution is 0.654. The summed E-state index contributed by atoms with van der Waals surface area (Å²) in [6.07, 6.45) is 2.06. The van der Waals surface area contributed by atoms with E-state index in [0.717, 1.165) is 6.54 Å². The van der Waals surface area contributed by atoms with Gasteiger partial charge in [0.1, 0.15) is 0 Å². The molecule has 1 aromatic heterocycles. The van der Waals surface area contributed by atoms with Crippen LogP contribution in [0.5, 0.6) is 0 Å². The molecule has 172 valence electrons. The molecule has 0 fully saturated rings. The van der Waals surface area contributed by atoms with E-state index in [9.17, 15) is 0 Å². The van der Waals surface area contributed by atoms with Crippen LogP contribution in [0, 0.1) is 0 Å². The van der Waals surface area contributed by atoms with Gasteiger partial charge in [-0.25, -0.2) is 0 Å². The smallest absolute Gasteiger partial charge is 0.0561 e. The van der Waals surface area contributed by atoms with Crippen LogP contribution in [0.4, 0.5) is 5.69 Å². The van der Waals surface area contributed by atoms with Gasteiger partial charge in [-0.2, -0.15) is 0 Å². The number of benzene rings is 4. The lowest BCUT2D eigenvalue weighted by atomic mass is 9.81. The van der Waals surface area contributed by atoms with Crippen molar-refractivity contribution in [2.45, 2.75) is 19.3 Å². The lowest BCUT2D eigenvalue weighted by Gasteiger charge is -2.24. The summed E-state index contributed by atoms with van der Waals surface area (Å²) in [4.78, 5) is 2.36. The third-order valence-electron chi connectivity index (χ3n) is 7.64. The first-order valence-corrected chi connectivity index (χ1v) is 12.3. The van der Waals surface area contributed by atoms with E-state index in [1.807, 2.05) is 0 Å². The van der Waals surface area contributed by atoms with Gasteiger partial charge in [-0.3, -0.25) is 0 Å². The molecule has 0 bridgehead atoms. The Hall–Kier alpha value is -4.04. The highest BCUT2D eigenvalue weighted by Crippen LogP contribution is 2.47. The fourth-order valence-corrected chi connectivity index (χ4v) is 5.89. The molecule has 4 aromatic carbocycles. The summed E-state index contributed by atoms with van der Waals surface area (Å²) in [5.41, 5.74) is 10.2. The largest absolute Gasteiger partial charge is 0.370 e. The molecule has 0 N–H and O–H groups in total. The topological polar surface area (TPSA) is 8.17 Å². The predicted octanol–water partition coefficient (Wildman–Crippen LogP) is 8.15. The third-order valence-corrected chi connectivity index (χ3v) is 7.64. The molecule has 0 saturated carbocycles. The molecule has 1 heterocycles. The van der Waals surface area contributed by atoms with Crippen LogP contribution in [0.1, 0.15) is 25.0 Å². The SMILES string of the molecule is C=CC1=C(CN(C)c2ccc3c4ccccc4n(-c4ccccc4)c3c2)c2ccccc2C1(C)C. The summed E-state index contributed by atoms with van der Waals surface area (Å²) < 4.78 is 2.38. The molecule has 0 radical (unpaired) electrons. The van der Waals surface area contributed by atoms with Crippen molar-refractivity contribution in [3.05, 3.63) is 126 Å². The van der Waals surface area contributed by atoms with Crippen LogP contribution < -0.4 is 4.90 Å². The van der Waals surface area contributed by atoms with E-state index >= 15 is 0 Å². The highest BCUT2D eigenvalue weighted by Gasteiger charge is 2.36. The number of nitrogens with zero attached hydrogens (tertiary/aromatic N) is 2. The van der Waals surface area contributed by atoms with Gasteiger partial charge in [0.05, 0.1) is 11.0 Å². The number of para-hydroxylation sites is 2. The molecular formula is C33H30N2. The minimum absolute atomic E-state index is 0.0296. The zero-order valence-electron chi connectivity index (χ0n) is 20.6. The van der Waals surface area contributed by atoms with Crippen LogP contribution in [-0.2, 0) is 5.41 Å². The highest BCUT2D eigenvalue weighted by atomic mass is 15.1. The van der Waals surface area contributed by atoms with Gasteiger partial charge < -0.3 is 9.47 Å². The van der Waals surface area contributed by atoms with Gasteiger partial charge in [0.25, 0.3) is 0 Å². The Bertz CT molecular complexity index is 1620. The van der Waals surface area contributed by atoms with E-state index in [1.54, 1.807) is 0 Å². The molecule has 2 nitrogen and oxygen atoms in total. The number of allylic oxidation sites excluding steroid dienone is 2. The van der Waals surface area contributed by atoms with Gasteiger partial charge >= 0.3 is 0 Å². The number of hydrogen-bond donors (Lipinski definition) is 0. The maximum atomic E-state index is 4.18. The van der Waals surface area contributed by atoms with Gasteiger partial charge in [0.2, 0.25) is 0 Å². The minimum Gasteiger partial charge on any atom is -0.370 e. The number of likely N-dealkylation sites (N-methyl/N-ethyl adjacent to an activating group) is 1. The van der Waals surface area contributed by atoms with Gasteiger partial charge in [-0.15, -0.1) is 0 Å². The zero-order chi connectivity index (χ0) is 24.2. The summed E-state index contributed by atoms with van der Waals surface area (Å²) in [5, 5.41) is 2.56. The maximum Gasteiger partial charge on any atom is 0.0561 e. The number of fused-ring (bicyclic) bond motifs is 4. The van der Waals surface area contributed by atoms with Crippen molar-refractivity contribution in [2.24, 2.45) is 0 Å². The Morgan fingerprint density at radius 2 is 1.49 bits per heavy atom. The molecule has 2 heteroatoms. The summed E-state index contributed by atoms with van der Waals surface area (Å²) >= 11 is 0. The fraction of sp³-hybridized carbons (Fsp3) is 0.152. The normalized spacial score (nSPS) is 14.5. The van der Waals surface area contributed by atoms with Crippen molar-refractivity contribution in [1.82, 2.24) is 4.57 Å². The molecule has 0 atom stereocenters. The van der Waals surface area contributed by atoms with Crippen LogP contribution in [0.3, 0.4) is 0 Å². The second-order valence-corrected chi connectivity index (χ2v) is 10.0. The summed E-state index contributed by atoms with van der Waals surface area (Å²) in [6, 6.07) is 35.0. The highest BCUT2D eigenvalue weighted by molar-refractivity contribution is 6.10. The van der Waals surface area contributed by atoms with E-state index < -0.39 is 0 Å². The first-order chi connectivity index (χ1) is 17.0. The molecule has 5 aromatic rings. The first-order valence-electron chi connectivity index (χ1n) is 12.3. The van der Waals surface area contributed by atoms with E-state index in [2.05, 4.69) is 140 Å². The fourth-order valence-electron chi connectivity index (χ4n) is 5.89. The Labute approximate surface area is 207 Å². The van der Waals surface area contributed by atoms with Crippen LogP contribution in [-0.4, -0.2) is 18.2 Å². The second-order valence-electron chi connectivity index (χ2n) is 10.0. The number of aromatic nitrogens is 1. The lowest BCUT2D eigenvalue weighted by Crippen LogP contribution is -2.20. The van der Waals surface area contributed by atoms with E-state index in [1.165, 1.54) is 55.5 Å². The molecule has 0 amide bonds. The first kappa shape index (κ1) is 21.5. The van der Waals surface area contributed by atoms with Crippen LogP contribution >= 0.6 is 0 Å². The molecule has 1 aliphatic rings. The molecule has 35 heavy (non-hydrogen) atoms. The summed E-state index contributed by atoms with van der Waals surface area (Å²) in [7, 11) is 2.19. The zero-order valence-corrected chi connectivity index (χ0v) is 20.6. The average Bonchev–Trinajstić information content (AvgIpc) is 3.33. The molecule has 0 unspecified atom stereocenters. The van der Waals surface area contributed by atoms with Crippen molar-refractivity contribution < 1.29 is 0 Å². The maximum absolute atomic E-state index is 4.18. The standard InChI is InChI=1S/C33H30N2/c1-5-29-28(25-15-9-11-17-30(25)33(29,2)3)22-34(4)24-19-20-27-26-16-10-12-18-31(26)35(32(27)21-24)23-13-7-6-8-14-23/h5-21H,1,22H2,2-4H3. The van der Waals surface area contributed by atoms with Crippen LogP contribution in [0.2, 0.25) is 0 Å². The van der Waals surface area contributed by atoms with Crippen molar-refractivity contribution in [2.75, 3.05) is 18.5 Å². The van der Waals surface area contributed by atoms with Gasteiger partial charge in [-0.1, -0.05) is 93.2 Å². The third kappa shape index (κ3) is 3.24. The number of hydrogen-bond acceptors (Lipinski definition) is 1.